The van der Waals surface area contributed by atoms with Crippen molar-refractivity contribution in [3.8, 4) is 0 Å². The fourth-order valence-corrected chi connectivity index (χ4v) is 2.67. The number of benzene rings is 1. The van der Waals surface area contributed by atoms with Crippen LogP contribution in [0.4, 0.5) is 0 Å². The number of rotatable bonds is 2. The van der Waals surface area contributed by atoms with Crippen molar-refractivity contribution in [1.29, 1.82) is 0 Å². The summed E-state index contributed by atoms with van der Waals surface area (Å²) in [7, 11) is 0. The smallest absolute Gasteiger partial charge is 0.328 e. The van der Waals surface area contributed by atoms with Gasteiger partial charge in [-0.1, -0.05) is 12.1 Å². The minimum Gasteiger partial charge on any atom is -0.389 e. The number of H-pyrrole nitrogens is 1. The molecule has 8 nitrogen and oxygen atoms in total. The van der Waals surface area contributed by atoms with Crippen molar-refractivity contribution >= 4 is 10.9 Å². The Morgan fingerprint density at radius 3 is 2.77 bits per heavy atom. The number of aromatic nitrogens is 2. The third-order valence-electron chi connectivity index (χ3n) is 3.94. The summed E-state index contributed by atoms with van der Waals surface area (Å²) in [5.41, 5.74) is 4.99. The monoisotopic (exact) mass is 307 g/mol. The van der Waals surface area contributed by atoms with Crippen molar-refractivity contribution < 1.29 is 14.9 Å². The second-order valence-electron chi connectivity index (χ2n) is 5.40. The van der Waals surface area contributed by atoms with Crippen LogP contribution in [0.5, 0.6) is 0 Å². The van der Waals surface area contributed by atoms with E-state index in [0.29, 0.717) is 10.9 Å². The Bertz CT molecular complexity index is 799. The van der Waals surface area contributed by atoms with E-state index >= 15 is 0 Å². The van der Waals surface area contributed by atoms with Crippen LogP contribution >= 0.6 is 0 Å². The molecule has 5 N–H and O–H groups in total. The lowest BCUT2D eigenvalue weighted by Gasteiger charge is -2.36. The van der Waals surface area contributed by atoms with Gasteiger partial charge in [-0.25, -0.2) is 4.79 Å². The van der Waals surface area contributed by atoms with E-state index < -0.39 is 35.6 Å². The molecule has 1 saturated heterocycles. The Balaban J connectivity index is 2.01. The normalized spacial score (nSPS) is 28.9. The minimum absolute atomic E-state index is 0.00106. The maximum atomic E-state index is 12.1. The molecule has 0 aliphatic carbocycles. The molecular formula is C14H17N3O5. The van der Waals surface area contributed by atoms with Crippen LogP contribution in [0.15, 0.2) is 33.9 Å². The highest BCUT2D eigenvalue weighted by Gasteiger charge is 2.37. The third kappa shape index (κ3) is 2.46. The lowest BCUT2D eigenvalue weighted by atomic mass is 9.98. The highest BCUT2D eigenvalue weighted by molar-refractivity contribution is 5.77. The van der Waals surface area contributed by atoms with E-state index in [-0.39, 0.29) is 13.2 Å². The lowest BCUT2D eigenvalue weighted by Crippen LogP contribution is -2.57. The fraction of sp³-hybridized carbons (Fsp3) is 0.429. The largest absolute Gasteiger partial charge is 0.389 e. The Morgan fingerprint density at radius 1 is 1.27 bits per heavy atom. The van der Waals surface area contributed by atoms with Gasteiger partial charge in [0.1, 0.15) is 12.2 Å². The summed E-state index contributed by atoms with van der Waals surface area (Å²) < 4.78 is 6.74. The molecule has 0 spiro atoms. The summed E-state index contributed by atoms with van der Waals surface area (Å²) in [5, 5.41) is 20.2. The Hall–Kier alpha value is -2.00. The molecule has 3 rings (SSSR count). The number of fused-ring (bicyclic) bond motifs is 1. The van der Waals surface area contributed by atoms with Crippen molar-refractivity contribution in [1.82, 2.24) is 9.55 Å². The SMILES string of the molecule is N[C@@H]1CO[C@H](Cn2c(=O)[nH]c(=O)c3ccccc32)[C@@H](O)[C@H]1O. The van der Waals surface area contributed by atoms with Crippen molar-refractivity contribution in [3.05, 3.63) is 45.1 Å². The van der Waals surface area contributed by atoms with Crippen molar-refractivity contribution in [2.45, 2.75) is 30.9 Å². The molecule has 0 amide bonds. The topological polar surface area (TPSA) is 131 Å². The second kappa shape index (κ2) is 5.65. The Morgan fingerprint density at radius 2 is 2.00 bits per heavy atom. The van der Waals surface area contributed by atoms with Crippen molar-refractivity contribution in [3.63, 3.8) is 0 Å². The number of aliphatic hydroxyl groups is 2. The zero-order chi connectivity index (χ0) is 15.9. The first-order valence-corrected chi connectivity index (χ1v) is 6.94. The van der Waals surface area contributed by atoms with E-state index in [4.69, 9.17) is 10.5 Å². The summed E-state index contributed by atoms with van der Waals surface area (Å²) in [6.07, 6.45) is -3.12. The van der Waals surface area contributed by atoms with Crippen LogP contribution in [0.2, 0.25) is 0 Å². The van der Waals surface area contributed by atoms with E-state index in [1.807, 2.05) is 0 Å². The molecule has 0 bridgehead atoms. The molecule has 4 atom stereocenters. The van der Waals surface area contributed by atoms with Crippen LogP contribution in [0, 0.1) is 0 Å². The summed E-state index contributed by atoms with van der Waals surface area (Å²) in [4.78, 5) is 26.1. The summed E-state index contributed by atoms with van der Waals surface area (Å²) in [5.74, 6) is 0. The maximum Gasteiger partial charge on any atom is 0.328 e. The van der Waals surface area contributed by atoms with Crippen LogP contribution < -0.4 is 17.0 Å². The third-order valence-corrected chi connectivity index (χ3v) is 3.94. The highest BCUT2D eigenvalue weighted by atomic mass is 16.5. The Kier molecular flexibility index (Phi) is 3.83. The number of aromatic amines is 1. The van der Waals surface area contributed by atoms with Crippen LogP contribution in [-0.2, 0) is 11.3 Å². The fourth-order valence-electron chi connectivity index (χ4n) is 2.67. The number of nitrogens with zero attached hydrogens (tertiary/aromatic N) is 1. The molecule has 1 aliphatic heterocycles. The molecule has 2 heterocycles. The van der Waals surface area contributed by atoms with Gasteiger partial charge in [0.2, 0.25) is 0 Å². The first kappa shape index (κ1) is 14.9. The average Bonchev–Trinajstić information content (AvgIpc) is 2.51. The van der Waals surface area contributed by atoms with Crippen molar-refractivity contribution in [2.24, 2.45) is 5.73 Å². The molecule has 1 fully saturated rings. The summed E-state index contributed by atoms with van der Waals surface area (Å²) >= 11 is 0. The van der Waals surface area contributed by atoms with Gasteiger partial charge < -0.3 is 20.7 Å². The minimum atomic E-state index is -1.21. The molecule has 1 aromatic heterocycles. The van der Waals surface area contributed by atoms with Crippen molar-refractivity contribution in [2.75, 3.05) is 6.61 Å². The molecule has 0 unspecified atom stereocenters. The number of para-hydroxylation sites is 1. The molecule has 0 saturated carbocycles. The predicted molar refractivity (Wildman–Crippen MR) is 78.6 cm³/mol. The molecule has 1 aliphatic rings. The number of aliphatic hydroxyl groups excluding tert-OH is 2. The number of ether oxygens (including phenoxy) is 1. The number of hydrogen-bond donors (Lipinski definition) is 4. The van der Waals surface area contributed by atoms with Gasteiger partial charge in [-0.05, 0) is 12.1 Å². The molecule has 0 radical (unpaired) electrons. The van der Waals surface area contributed by atoms with E-state index in [1.165, 1.54) is 4.57 Å². The summed E-state index contributed by atoms with van der Waals surface area (Å²) in [6.45, 7) is 0.0833. The van der Waals surface area contributed by atoms with Gasteiger partial charge in [-0.15, -0.1) is 0 Å². The number of nitrogens with one attached hydrogen (secondary N) is 1. The number of nitrogens with two attached hydrogens (primary N) is 1. The second-order valence-corrected chi connectivity index (χ2v) is 5.40. The first-order valence-electron chi connectivity index (χ1n) is 6.94. The van der Waals surface area contributed by atoms with Crippen LogP contribution in [0.3, 0.4) is 0 Å². The van der Waals surface area contributed by atoms with Gasteiger partial charge in [0.25, 0.3) is 5.56 Å². The zero-order valence-corrected chi connectivity index (χ0v) is 11.7. The lowest BCUT2D eigenvalue weighted by molar-refractivity contribution is -0.148. The van der Waals surface area contributed by atoms with E-state index in [0.717, 1.165) is 0 Å². The molecular weight excluding hydrogens is 290 g/mol. The quantitative estimate of drug-likeness (QED) is 0.514. The van der Waals surface area contributed by atoms with Gasteiger partial charge in [0, 0.05) is 0 Å². The zero-order valence-electron chi connectivity index (χ0n) is 11.7. The average molecular weight is 307 g/mol. The van der Waals surface area contributed by atoms with Gasteiger partial charge in [-0.3, -0.25) is 14.3 Å². The van der Waals surface area contributed by atoms with Gasteiger partial charge in [0.05, 0.1) is 36.2 Å². The van der Waals surface area contributed by atoms with Gasteiger partial charge in [-0.2, -0.15) is 0 Å². The maximum absolute atomic E-state index is 12.1. The van der Waals surface area contributed by atoms with Crippen LogP contribution in [-0.4, -0.2) is 50.7 Å². The predicted octanol–water partition coefficient (Wildman–Crippen LogP) is -1.86. The Labute approximate surface area is 124 Å². The highest BCUT2D eigenvalue weighted by Crippen LogP contribution is 2.17. The van der Waals surface area contributed by atoms with Gasteiger partial charge >= 0.3 is 5.69 Å². The first-order chi connectivity index (χ1) is 10.5. The molecule has 118 valence electrons. The van der Waals surface area contributed by atoms with E-state index in [2.05, 4.69) is 4.98 Å². The van der Waals surface area contributed by atoms with E-state index in [9.17, 15) is 19.8 Å². The molecule has 22 heavy (non-hydrogen) atoms. The van der Waals surface area contributed by atoms with Crippen LogP contribution in [0.25, 0.3) is 10.9 Å². The summed E-state index contributed by atoms with van der Waals surface area (Å²) in [6, 6.07) is 5.98. The van der Waals surface area contributed by atoms with Gasteiger partial charge in [0.15, 0.2) is 0 Å². The molecule has 1 aromatic carbocycles. The van der Waals surface area contributed by atoms with E-state index in [1.54, 1.807) is 24.3 Å². The molecule has 8 heteroatoms. The van der Waals surface area contributed by atoms with Crippen LogP contribution in [0.1, 0.15) is 0 Å². The molecule has 2 aromatic rings. The standard InChI is InChI=1S/C14H17N3O5/c15-8-6-22-10(12(19)11(8)18)5-17-9-4-2-1-3-7(9)13(20)16-14(17)21/h1-4,8,10-12,18-19H,5-6,15H2,(H,16,20,21)/t8-,10-,11+,12-/m1/s1. The number of hydrogen-bond acceptors (Lipinski definition) is 6.